The summed E-state index contributed by atoms with van der Waals surface area (Å²) in [6.07, 6.45) is -0.441. The first-order valence-electron chi connectivity index (χ1n) is 10.6. The average Bonchev–Trinajstić information content (AvgIpc) is 2.65. The van der Waals surface area contributed by atoms with Crippen molar-refractivity contribution in [2.75, 3.05) is 6.61 Å². The molecule has 0 fully saturated rings. The van der Waals surface area contributed by atoms with E-state index in [4.69, 9.17) is 9.47 Å². The van der Waals surface area contributed by atoms with E-state index in [1.807, 2.05) is 61.5 Å². The van der Waals surface area contributed by atoms with Crippen LogP contribution in [0.1, 0.15) is 65.1 Å². The van der Waals surface area contributed by atoms with Gasteiger partial charge in [-0.2, -0.15) is 0 Å². The molecule has 31 heavy (non-hydrogen) atoms. The molecule has 0 heterocycles. The molecule has 6 heteroatoms. The quantitative estimate of drug-likeness (QED) is 0.624. The fourth-order valence-electron chi connectivity index (χ4n) is 3.17. The van der Waals surface area contributed by atoms with Crippen molar-refractivity contribution in [3.8, 4) is 5.75 Å². The van der Waals surface area contributed by atoms with Crippen molar-refractivity contribution in [2.45, 2.75) is 65.1 Å². The predicted molar refractivity (Wildman–Crippen MR) is 122 cm³/mol. The van der Waals surface area contributed by atoms with Gasteiger partial charge in [-0.3, -0.25) is 4.79 Å². The van der Waals surface area contributed by atoms with Gasteiger partial charge in [0.25, 0.3) is 0 Å². The van der Waals surface area contributed by atoms with Gasteiger partial charge in [0.05, 0.1) is 12.6 Å². The summed E-state index contributed by atoms with van der Waals surface area (Å²) in [5, 5.41) is 5.89. The molecule has 0 saturated heterocycles. The number of hydrogen-bond acceptors (Lipinski definition) is 4. The van der Waals surface area contributed by atoms with E-state index in [2.05, 4.69) is 10.6 Å². The van der Waals surface area contributed by atoms with Crippen LogP contribution in [0.3, 0.4) is 0 Å². The zero-order chi connectivity index (χ0) is 23.1. The summed E-state index contributed by atoms with van der Waals surface area (Å²) in [7, 11) is 0. The molecule has 168 valence electrons. The highest BCUT2D eigenvalue weighted by Gasteiger charge is 2.28. The van der Waals surface area contributed by atoms with Crippen molar-refractivity contribution >= 4 is 12.0 Å². The molecule has 1 atom stereocenters. The number of carbonyl (C=O) groups is 2. The van der Waals surface area contributed by atoms with Crippen LogP contribution in [-0.4, -0.2) is 29.7 Å². The van der Waals surface area contributed by atoms with Crippen LogP contribution in [0.2, 0.25) is 0 Å². The molecule has 0 aliphatic carbocycles. The molecule has 0 saturated carbocycles. The second kappa shape index (κ2) is 10.3. The highest BCUT2D eigenvalue weighted by molar-refractivity contribution is 5.79. The fourth-order valence-corrected chi connectivity index (χ4v) is 3.17. The Morgan fingerprint density at radius 1 is 0.903 bits per heavy atom. The second-order valence-electron chi connectivity index (χ2n) is 9.10. The number of alkyl carbamates (subject to hydrolysis) is 1. The molecule has 0 aromatic heterocycles. The average molecular weight is 427 g/mol. The number of carbonyl (C=O) groups excluding carboxylic acids is 2. The van der Waals surface area contributed by atoms with Crippen LogP contribution in [0.4, 0.5) is 4.79 Å². The van der Waals surface area contributed by atoms with E-state index in [1.54, 1.807) is 34.6 Å². The third-order valence-electron chi connectivity index (χ3n) is 4.40. The van der Waals surface area contributed by atoms with Gasteiger partial charge in [-0.15, -0.1) is 0 Å². The minimum Gasteiger partial charge on any atom is -0.494 e. The van der Waals surface area contributed by atoms with Gasteiger partial charge in [-0.25, -0.2) is 4.79 Å². The monoisotopic (exact) mass is 426 g/mol. The first kappa shape index (κ1) is 24.3. The lowest BCUT2D eigenvalue weighted by Crippen LogP contribution is -2.48. The first-order valence-corrected chi connectivity index (χ1v) is 10.6. The Bertz CT molecular complexity index is 855. The largest absolute Gasteiger partial charge is 0.494 e. The normalized spacial score (nSPS) is 12.6. The number of ether oxygens (including phenoxy) is 2. The molecule has 0 spiro atoms. The van der Waals surface area contributed by atoms with Crippen molar-refractivity contribution < 1.29 is 19.1 Å². The zero-order valence-electron chi connectivity index (χ0n) is 19.3. The lowest BCUT2D eigenvalue weighted by Gasteiger charge is -2.29. The first-order chi connectivity index (χ1) is 14.5. The van der Waals surface area contributed by atoms with E-state index in [0.717, 1.165) is 16.9 Å². The summed E-state index contributed by atoms with van der Waals surface area (Å²) in [4.78, 5) is 25.1. The van der Waals surface area contributed by atoms with Crippen molar-refractivity contribution in [1.82, 2.24) is 10.6 Å². The van der Waals surface area contributed by atoms with Gasteiger partial charge in [0.1, 0.15) is 11.4 Å². The molecule has 2 aromatic rings. The van der Waals surface area contributed by atoms with Gasteiger partial charge in [-0.1, -0.05) is 42.5 Å². The van der Waals surface area contributed by atoms with Crippen molar-refractivity contribution in [3.05, 3.63) is 65.7 Å². The van der Waals surface area contributed by atoms with Crippen LogP contribution in [0.5, 0.6) is 5.75 Å². The predicted octanol–water partition coefficient (Wildman–Crippen LogP) is 4.98. The van der Waals surface area contributed by atoms with E-state index in [0.29, 0.717) is 6.61 Å². The maximum Gasteiger partial charge on any atom is 0.408 e. The molecule has 0 aliphatic rings. The molecule has 6 nitrogen and oxygen atoms in total. The summed E-state index contributed by atoms with van der Waals surface area (Å²) >= 11 is 0. The van der Waals surface area contributed by atoms with Crippen LogP contribution in [-0.2, 0) is 9.53 Å². The lowest BCUT2D eigenvalue weighted by atomic mass is 9.96. The third-order valence-corrected chi connectivity index (χ3v) is 4.40. The van der Waals surface area contributed by atoms with E-state index < -0.39 is 17.2 Å². The number of benzene rings is 2. The molecule has 2 aromatic carbocycles. The minimum absolute atomic E-state index is 0.104. The Morgan fingerprint density at radius 2 is 1.48 bits per heavy atom. The van der Waals surface area contributed by atoms with E-state index in [-0.39, 0.29) is 18.4 Å². The van der Waals surface area contributed by atoms with Crippen LogP contribution in [0, 0.1) is 0 Å². The smallest absolute Gasteiger partial charge is 0.408 e. The Morgan fingerprint density at radius 3 is 2.03 bits per heavy atom. The minimum atomic E-state index is -0.771. The Labute approximate surface area is 185 Å². The van der Waals surface area contributed by atoms with Gasteiger partial charge in [-0.05, 0) is 64.8 Å². The molecule has 2 rings (SSSR count). The Kier molecular flexibility index (Phi) is 8.08. The fraction of sp³-hybridized carbons (Fsp3) is 0.440. The summed E-state index contributed by atoms with van der Waals surface area (Å²) in [5.74, 6) is 0.607. The number of amides is 2. The Hall–Kier alpha value is -3.02. The van der Waals surface area contributed by atoms with Crippen molar-refractivity contribution in [2.24, 2.45) is 0 Å². The SMILES string of the molecule is CCOc1ccc(C(NC(=O)CC(C)(C)NC(=O)OC(C)(C)C)c2ccccc2)cc1. The molecule has 0 radical (unpaired) electrons. The maximum absolute atomic E-state index is 12.9. The molecule has 2 amide bonds. The third kappa shape index (κ3) is 8.32. The standard InChI is InChI=1S/C25H34N2O4/c1-7-30-20-15-13-19(14-16-20)22(18-11-9-8-10-12-18)26-21(28)17-25(5,6)27-23(29)31-24(2,3)4/h8-16,22H,7,17H2,1-6H3,(H,26,28)(H,27,29). The molecule has 1 unspecified atom stereocenters. The van der Waals surface area contributed by atoms with Gasteiger partial charge in [0.2, 0.25) is 5.91 Å². The van der Waals surface area contributed by atoms with Crippen LogP contribution in [0.15, 0.2) is 54.6 Å². The summed E-state index contributed by atoms with van der Waals surface area (Å²) < 4.78 is 10.8. The van der Waals surface area contributed by atoms with Crippen LogP contribution < -0.4 is 15.4 Å². The summed E-state index contributed by atoms with van der Waals surface area (Å²) in [5.41, 5.74) is 0.542. The number of rotatable bonds is 8. The molecular weight excluding hydrogens is 392 g/mol. The molecule has 0 bridgehead atoms. The number of nitrogens with one attached hydrogen (secondary N) is 2. The highest BCUT2D eigenvalue weighted by Crippen LogP contribution is 2.25. The maximum atomic E-state index is 12.9. The summed E-state index contributed by atoms with van der Waals surface area (Å²) in [6.45, 7) is 11.5. The van der Waals surface area contributed by atoms with E-state index >= 15 is 0 Å². The number of hydrogen-bond donors (Lipinski definition) is 2. The van der Waals surface area contributed by atoms with E-state index in [1.165, 1.54) is 0 Å². The van der Waals surface area contributed by atoms with Crippen LogP contribution in [0.25, 0.3) is 0 Å². The van der Waals surface area contributed by atoms with Crippen molar-refractivity contribution in [1.29, 1.82) is 0 Å². The van der Waals surface area contributed by atoms with Crippen molar-refractivity contribution in [3.63, 3.8) is 0 Å². The van der Waals surface area contributed by atoms with Gasteiger partial charge >= 0.3 is 6.09 Å². The van der Waals surface area contributed by atoms with Gasteiger partial charge in [0, 0.05) is 12.0 Å². The second-order valence-corrected chi connectivity index (χ2v) is 9.10. The summed E-state index contributed by atoms with van der Waals surface area (Å²) in [6, 6.07) is 17.2. The van der Waals surface area contributed by atoms with E-state index in [9.17, 15) is 9.59 Å². The molecule has 0 aliphatic heterocycles. The molecule has 2 N–H and O–H groups in total. The highest BCUT2D eigenvalue weighted by atomic mass is 16.6. The lowest BCUT2D eigenvalue weighted by molar-refractivity contribution is -0.122. The topological polar surface area (TPSA) is 76.7 Å². The van der Waals surface area contributed by atoms with Crippen LogP contribution >= 0.6 is 0 Å². The molecular formula is C25H34N2O4. The zero-order valence-corrected chi connectivity index (χ0v) is 19.3. The van der Waals surface area contributed by atoms with Gasteiger partial charge < -0.3 is 20.1 Å². The van der Waals surface area contributed by atoms with Gasteiger partial charge in [0.15, 0.2) is 0 Å². The Balaban J connectivity index is 2.13.